The monoisotopic (exact) mass is 342 g/mol. The Bertz CT molecular complexity index is 743. The van der Waals surface area contributed by atoms with Gasteiger partial charge >= 0.3 is 0 Å². The molecule has 1 amide bonds. The summed E-state index contributed by atoms with van der Waals surface area (Å²) in [5.41, 5.74) is 0.859. The predicted molar refractivity (Wildman–Crippen MR) is 96.3 cm³/mol. The van der Waals surface area contributed by atoms with Crippen LogP contribution in [0.3, 0.4) is 0 Å². The van der Waals surface area contributed by atoms with Gasteiger partial charge in [-0.25, -0.2) is 9.97 Å². The second kappa shape index (κ2) is 6.98. The first kappa shape index (κ1) is 16.3. The zero-order valence-electron chi connectivity index (χ0n) is 14.8. The van der Waals surface area contributed by atoms with Gasteiger partial charge in [-0.1, -0.05) is 19.3 Å². The normalized spacial score (nSPS) is 20.1. The van der Waals surface area contributed by atoms with E-state index in [1.165, 1.54) is 19.3 Å². The van der Waals surface area contributed by atoms with Gasteiger partial charge in [0, 0.05) is 32.1 Å². The Kier molecular flexibility index (Phi) is 4.55. The van der Waals surface area contributed by atoms with Gasteiger partial charge in [-0.05, 0) is 25.7 Å². The van der Waals surface area contributed by atoms with Gasteiger partial charge in [0.2, 0.25) is 5.91 Å². The molecule has 2 aromatic rings. The molecule has 7 nitrogen and oxygen atoms in total. The lowest BCUT2D eigenvalue weighted by Gasteiger charge is -2.34. The van der Waals surface area contributed by atoms with Crippen molar-refractivity contribution >= 4 is 22.8 Å². The molecule has 2 aliphatic rings. The molecule has 1 aliphatic carbocycles. The zero-order chi connectivity index (χ0) is 17.2. The van der Waals surface area contributed by atoms with Crippen LogP contribution in [0.2, 0.25) is 0 Å². The van der Waals surface area contributed by atoms with E-state index in [1.807, 2.05) is 13.2 Å². The fourth-order valence-corrected chi connectivity index (χ4v) is 4.12. The number of piperidine rings is 1. The average Bonchev–Trinajstić information content (AvgIpc) is 3.04. The minimum atomic E-state index is 0.240. The van der Waals surface area contributed by atoms with Crippen LogP contribution in [-0.2, 0) is 11.8 Å². The van der Waals surface area contributed by atoms with Gasteiger partial charge in [-0.3, -0.25) is 9.48 Å². The highest BCUT2D eigenvalue weighted by Gasteiger charge is 2.27. The summed E-state index contributed by atoms with van der Waals surface area (Å²) in [6.07, 6.45) is 11.2. The van der Waals surface area contributed by atoms with Crippen molar-refractivity contribution < 1.29 is 4.79 Å². The summed E-state index contributed by atoms with van der Waals surface area (Å²) in [6.45, 7) is 1.80. The Labute approximate surface area is 147 Å². The van der Waals surface area contributed by atoms with Gasteiger partial charge in [0.25, 0.3) is 0 Å². The molecule has 3 heterocycles. The highest BCUT2D eigenvalue weighted by molar-refractivity contribution is 5.86. The molecule has 0 bridgehead atoms. The van der Waals surface area contributed by atoms with Gasteiger partial charge in [-0.15, -0.1) is 0 Å². The number of aromatic nitrogens is 4. The molecule has 1 aliphatic heterocycles. The number of amides is 1. The molecule has 2 aromatic heterocycles. The van der Waals surface area contributed by atoms with E-state index in [9.17, 15) is 4.79 Å². The van der Waals surface area contributed by atoms with Crippen LogP contribution in [0.25, 0.3) is 11.0 Å². The molecule has 25 heavy (non-hydrogen) atoms. The highest BCUT2D eigenvalue weighted by Crippen LogP contribution is 2.26. The summed E-state index contributed by atoms with van der Waals surface area (Å²) in [7, 11) is 1.89. The summed E-state index contributed by atoms with van der Waals surface area (Å²) in [5.74, 6) is 1.47. The molecule has 1 N–H and O–H groups in total. The summed E-state index contributed by atoms with van der Waals surface area (Å²) in [6, 6.07) is 0.289. The molecule has 1 saturated heterocycles. The van der Waals surface area contributed by atoms with Gasteiger partial charge in [0.1, 0.15) is 12.1 Å². The van der Waals surface area contributed by atoms with Crippen LogP contribution < -0.4 is 10.2 Å². The molecule has 1 saturated carbocycles. The van der Waals surface area contributed by atoms with Gasteiger partial charge in [0.05, 0.1) is 11.6 Å². The van der Waals surface area contributed by atoms with Crippen molar-refractivity contribution in [3.05, 3.63) is 12.5 Å². The predicted octanol–water partition coefficient (Wildman–Crippen LogP) is 2.03. The van der Waals surface area contributed by atoms with Gasteiger partial charge < -0.3 is 10.2 Å². The smallest absolute Gasteiger partial charge is 0.223 e. The molecule has 134 valence electrons. The second-order valence-corrected chi connectivity index (χ2v) is 7.31. The summed E-state index contributed by atoms with van der Waals surface area (Å²) >= 11 is 0. The van der Waals surface area contributed by atoms with Crippen molar-refractivity contribution in [2.75, 3.05) is 18.0 Å². The number of nitrogens with one attached hydrogen (secondary N) is 1. The van der Waals surface area contributed by atoms with Gasteiger partial charge in [-0.2, -0.15) is 5.10 Å². The van der Waals surface area contributed by atoms with Crippen LogP contribution in [0.4, 0.5) is 5.82 Å². The van der Waals surface area contributed by atoms with Crippen molar-refractivity contribution in [3.8, 4) is 0 Å². The van der Waals surface area contributed by atoms with Crippen LogP contribution in [0, 0.1) is 5.92 Å². The van der Waals surface area contributed by atoms with Crippen molar-refractivity contribution in [2.45, 2.75) is 51.0 Å². The molecule has 0 spiro atoms. The maximum absolute atomic E-state index is 12.4. The zero-order valence-corrected chi connectivity index (χ0v) is 14.8. The van der Waals surface area contributed by atoms with E-state index in [4.69, 9.17) is 0 Å². The first-order valence-electron chi connectivity index (χ1n) is 9.40. The van der Waals surface area contributed by atoms with Crippen molar-refractivity contribution in [3.63, 3.8) is 0 Å². The quantitative estimate of drug-likeness (QED) is 0.924. The number of carbonyl (C=O) groups excluding carboxylic acids is 1. The molecular formula is C18H26N6O. The summed E-state index contributed by atoms with van der Waals surface area (Å²) in [5, 5.41) is 8.57. The number of hydrogen-bond donors (Lipinski definition) is 1. The molecule has 0 unspecified atom stereocenters. The molecule has 0 radical (unpaired) electrons. The van der Waals surface area contributed by atoms with Gasteiger partial charge in [0.15, 0.2) is 5.65 Å². The molecule has 7 heteroatoms. The fraction of sp³-hybridized carbons (Fsp3) is 0.667. The van der Waals surface area contributed by atoms with E-state index in [1.54, 1.807) is 11.0 Å². The fourth-order valence-electron chi connectivity index (χ4n) is 4.12. The van der Waals surface area contributed by atoms with E-state index in [0.717, 1.165) is 55.6 Å². The van der Waals surface area contributed by atoms with Crippen LogP contribution in [0.5, 0.6) is 0 Å². The topological polar surface area (TPSA) is 75.9 Å². The summed E-state index contributed by atoms with van der Waals surface area (Å²) in [4.78, 5) is 23.5. The minimum absolute atomic E-state index is 0.240. The molecule has 0 aromatic carbocycles. The number of carbonyl (C=O) groups is 1. The number of aryl methyl sites for hydroxylation is 1. The molecule has 2 fully saturated rings. The van der Waals surface area contributed by atoms with E-state index < -0.39 is 0 Å². The highest BCUT2D eigenvalue weighted by atomic mass is 16.1. The molecular weight excluding hydrogens is 316 g/mol. The SMILES string of the molecule is Cn1ncc2c(N3CCC(NC(=O)C4CCCCC4)CC3)ncnc21. The number of anilines is 1. The number of nitrogens with zero attached hydrogens (tertiary/aromatic N) is 5. The van der Waals surface area contributed by atoms with E-state index in [0.29, 0.717) is 0 Å². The maximum atomic E-state index is 12.4. The standard InChI is InChI=1S/C18H26N6O/c1-23-16-15(11-21-23)17(20-12-19-16)24-9-7-14(8-10-24)22-18(25)13-5-3-2-4-6-13/h11-14H,2-10H2,1H3,(H,22,25). The van der Waals surface area contributed by atoms with E-state index in [-0.39, 0.29) is 17.9 Å². The number of hydrogen-bond acceptors (Lipinski definition) is 5. The Hall–Kier alpha value is -2.18. The second-order valence-electron chi connectivity index (χ2n) is 7.31. The molecule has 0 atom stereocenters. The van der Waals surface area contributed by atoms with Crippen molar-refractivity contribution in [2.24, 2.45) is 13.0 Å². The Morgan fingerprint density at radius 1 is 1.12 bits per heavy atom. The third kappa shape index (κ3) is 3.32. The Morgan fingerprint density at radius 3 is 2.64 bits per heavy atom. The third-order valence-electron chi connectivity index (χ3n) is 5.63. The first-order valence-corrected chi connectivity index (χ1v) is 9.40. The van der Waals surface area contributed by atoms with Crippen LogP contribution >= 0.6 is 0 Å². The van der Waals surface area contributed by atoms with E-state index >= 15 is 0 Å². The average molecular weight is 342 g/mol. The van der Waals surface area contributed by atoms with Crippen LogP contribution in [0.15, 0.2) is 12.5 Å². The first-order chi connectivity index (χ1) is 12.2. The largest absolute Gasteiger partial charge is 0.356 e. The lowest BCUT2D eigenvalue weighted by molar-refractivity contribution is -0.126. The van der Waals surface area contributed by atoms with Crippen molar-refractivity contribution in [1.82, 2.24) is 25.1 Å². The lowest BCUT2D eigenvalue weighted by Crippen LogP contribution is -2.46. The Morgan fingerprint density at radius 2 is 1.88 bits per heavy atom. The van der Waals surface area contributed by atoms with Crippen LogP contribution in [0.1, 0.15) is 44.9 Å². The minimum Gasteiger partial charge on any atom is -0.356 e. The van der Waals surface area contributed by atoms with Crippen LogP contribution in [-0.4, -0.2) is 44.8 Å². The number of rotatable bonds is 3. The van der Waals surface area contributed by atoms with E-state index in [2.05, 4.69) is 25.3 Å². The number of fused-ring (bicyclic) bond motifs is 1. The Balaban J connectivity index is 1.37. The molecule has 4 rings (SSSR count). The van der Waals surface area contributed by atoms with Crippen molar-refractivity contribution in [1.29, 1.82) is 0 Å². The summed E-state index contributed by atoms with van der Waals surface area (Å²) < 4.78 is 1.78. The maximum Gasteiger partial charge on any atom is 0.223 e. The lowest BCUT2D eigenvalue weighted by atomic mass is 9.88. The third-order valence-corrected chi connectivity index (χ3v) is 5.63.